The standard InChI is InChI=1S/C19H22N4O4S/c24-19-21-17-6-5-16(11-18(17)22-19)28(25,26)20-12-14-3-1-2-4-15(14)13-23-7-9-27-10-8-23/h1-6,11,20H,7-10,12-13H2,(H2,21,22,24). The molecule has 0 spiro atoms. The normalized spacial score (nSPS) is 15.9. The number of morpholine rings is 1. The van der Waals surface area contributed by atoms with Gasteiger partial charge in [-0.15, -0.1) is 0 Å². The zero-order valence-corrected chi connectivity index (χ0v) is 16.1. The van der Waals surface area contributed by atoms with Crippen molar-refractivity contribution in [1.29, 1.82) is 0 Å². The summed E-state index contributed by atoms with van der Waals surface area (Å²) in [6, 6.07) is 12.3. The first-order valence-electron chi connectivity index (χ1n) is 9.10. The van der Waals surface area contributed by atoms with Crippen LogP contribution in [0.15, 0.2) is 52.2 Å². The molecule has 0 bridgehead atoms. The van der Waals surface area contributed by atoms with Gasteiger partial charge in [0, 0.05) is 26.2 Å². The van der Waals surface area contributed by atoms with E-state index in [1.54, 1.807) is 6.07 Å². The first-order valence-corrected chi connectivity index (χ1v) is 10.6. The molecule has 1 saturated heterocycles. The van der Waals surface area contributed by atoms with E-state index in [0.717, 1.165) is 44.0 Å². The van der Waals surface area contributed by atoms with Gasteiger partial charge in [0.05, 0.1) is 29.1 Å². The summed E-state index contributed by atoms with van der Waals surface area (Å²) in [5.41, 5.74) is 2.70. The SMILES string of the molecule is O=c1[nH]c2ccc(S(=O)(=O)NCc3ccccc3CN3CCOCC3)cc2[nH]1. The number of imidazole rings is 1. The van der Waals surface area contributed by atoms with Gasteiger partial charge in [0.15, 0.2) is 0 Å². The molecule has 8 nitrogen and oxygen atoms in total. The summed E-state index contributed by atoms with van der Waals surface area (Å²) in [6.07, 6.45) is 0. The molecule has 28 heavy (non-hydrogen) atoms. The molecule has 0 radical (unpaired) electrons. The van der Waals surface area contributed by atoms with Crippen LogP contribution in [0.2, 0.25) is 0 Å². The van der Waals surface area contributed by atoms with Gasteiger partial charge in [-0.1, -0.05) is 24.3 Å². The molecule has 1 aliphatic heterocycles. The highest BCUT2D eigenvalue weighted by Crippen LogP contribution is 2.17. The molecule has 3 aromatic rings. The molecule has 2 heterocycles. The minimum absolute atomic E-state index is 0.112. The third-order valence-corrected chi connectivity index (χ3v) is 6.27. The Labute approximate surface area is 162 Å². The van der Waals surface area contributed by atoms with E-state index in [9.17, 15) is 13.2 Å². The Hall–Kier alpha value is -2.46. The third kappa shape index (κ3) is 4.17. The van der Waals surface area contributed by atoms with Crippen molar-refractivity contribution in [2.75, 3.05) is 26.3 Å². The topological polar surface area (TPSA) is 107 Å². The van der Waals surface area contributed by atoms with Crippen molar-refractivity contribution in [2.24, 2.45) is 0 Å². The molecule has 1 aliphatic rings. The molecule has 0 atom stereocenters. The van der Waals surface area contributed by atoms with E-state index in [1.807, 2.05) is 24.3 Å². The van der Waals surface area contributed by atoms with Crippen LogP contribution in [0.3, 0.4) is 0 Å². The average Bonchev–Trinajstić information content (AvgIpc) is 3.07. The fourth-order valence-corrected chi connectivity index (χ4v) is 4.35. The summed E-state index contributed by atoms with van der Waals surface area (Å²) in [7, 11) is -3.71. The lowest BCUT2D eigenvalue weighted by Gasteiger charge is -2.27. The second kappa shape index (κ2) is 7.88. The Morgan fingerprint density at radius 2 is 1.71 bits per heavy atom. The molecule has 3 N–H and O–H groups in total. The second-order valence-corrected chi connectivity index (χ2v) is 8.54. The van der Waals surface area contributed by atoms with Gasteiger partial charge < -0.3 is 14.7 Å². The highest BCUT2D eigenvalue weighted by molar-refractivity contribution is 7.89. The monoisotopic (exact) mass is 402 g/mol. The van der Waals surface area contributed by atoms with Crippen LogP contribution >= 0.6 is 0 Å². The first-order chi connectivity index (χ1) is 13.5. The van der Waals surface area contributed by atoms with Gasteiger partial charge in [-0.25, -0.2) is 17.9 Å². The molecule has 9 heteroatoms. The summed E-state index contributed by atoms with van der Waals surface area (Å²) in [4.78, 5) is 19.0. The van der Waals surface area contributed by atoms with E-state index >= 15 is 0 Å². The maximum Gasteiger partial charge on any atom is 0.323 e. The summed E-state index contributed by atoms with van der Waals surface area (Å²) < 4.78 is 33.5. The fourth-order valence-electron chi connectivity index (χ4n) is 3.32. The lowest BCUT2D eigenvalue weighted by atomic mass is 10.1. The minimum Gasteiger partial charge on any atom is -0.379 e. The maximum atomic E-state index is 12.7. The van der Waals surface area contributed by atoms with Crippen LogP contribution in [-0.2, 0) is 27.8 Å². The third-order valence-electron chi connectivity index (χ3n) is 4.87. The predicted molar refractivity (Wildman–Crippen MR) is 105 cm³/mol. The Kier molecular flexibility index (Phi) is 5.31. The van der Waals surface area contributed by atoms with Gasteiger partial charge in [-0.2, -0.15) is 0 Å². The van der Waals surface area contributed by atoms with Gasteiger partial charge in [-0.05, 0) is 29.3 Å². The van der Waals surface area contributed by atoms with Crippen molar-refractivity contribution in [3.63, 3.8) is 0 Å². The lowest BCUT2D eigenvalue weighted by molar-refractivity contribution is 0.0341. The molecule has 148 valence electrons. The number of hydrogen-bond donors (Lipinski definition) is 3. The molecule has 0 aliphatic carbocycles. The lowest BCUT2D eigenvalue weighted by Crippen LogP contribution is -2.36. The number of fused-ring (bicyclic) bond motifs is 1. The van der Waals surface area contributed by atoms with Gasteiger partial charge >= 0.3 is 5.69 Å². The van der Waals surface area contributed by atoms with E-state index in [0.29, 0.717) is 11.0 Å². The smallest absolute Gasteiger partial charge is 0.323 e. The van der Waals surface area contributed by atoms with Crippen molar-refractivity contribution in [2.45, 2.75) is 18.0 Å². The maximum absolute atomic E-state index is 12.7. The van der Waals surface area contributed by atoms with Crippen molar-refractivity contribution in [3.8, 4) is 0 Å². The van der Waals surface area contributed by atoms with Crippen LogP contribution in [0.1, 0.15) is 11.1 Å². The number of aromatic nitrogens is 2. The summed E-state index contributed by atoms with van der Waals surface area (Å²) >= 11 is 0. The molecule has 4 rings (SSSR count). The number of nitrogens with one attached hydrogen (secondary N) is 3. The molecule has 1 aromatic heterocycles. The Bertz CT molecular complexity index is 1130. The number of hydrogen-bond acceptors (Lipinski definition) is 5. The number of H-pyrrole nitrogens is 2. The van der Waals surface area contributed by atoms with E-state index in [4.69, 9.17) is 4.74 Å². The molecule has 0 unspecified atom stereocenters. The number of sulfonamides is 1. The predicted octanol–water partition coefficient (Wildman–Crippen LogP) is 1.17. The zero-order chi connectivity index (χ0) is 19.6. The van der Waals surface area contributed by atoms with Gasteiger partial charge in [0.2, 0.25) is 10.0 Å². The largest absolute Gasteiger partial charge is 0.379 e. The van der Waals surface area contributed by atoms with Crippen LogP contribution in [0.4, 0.5) is 0 Å². The molecule has 2 aromatic carbocycles. The Balaban J connectivity index is 1.50. The number of rotatable bonds is 6. The van der Waals surface area contributed by atoms with Crippen LogP contribution in [-0.4, -0.2) is 49.6 Å². The summed E-state index contributed by atoms with van der Waals surface area (Å²) in [5, 5.41) is 0. The van der Waals surface area contributed by atoms with Crippen molar-refractivity contribution in [3.05, 3.63) is 64.1 Å². The molecule has 0 amide bonds. The summed E-state index contributed by atoms with van der Waals surface area (Å²) in [5.74, 6) is 0. The highest BCUT2D eigenvalue weighted by atomic mass is 32.2. The average molecular weight is 402 g/mol. The Morgan fingerprint density at radius 1 is 1.00 bits per heavy atom. The fraction of sp³-hybridized carbons (Fsp3) is 0.316. The van der Waals surface area contributed by atoms with Crippen LogP contribution < -0.4 is 10.4 Å². The zero-order valence-electron chi connectivity index (χ0n) is 15.3. The number of benzene rings is 2. The van der Waals surface area contributed by atoms with Crippen molar-refractivity contribution >= 4 is 21.1 Å². The number of ether oxygens (including phenoxy) is 1. The van der Waals surface area contributed by atoms with E-state index < -0.39 is 10.0 Å². The van der Waals surface area contributed by atoms with Crippen molar-refractivity contribution in [1.82, 2.24) is 19.6 Å². The van der Waals surface area contributed by atoms with E-state index in [2.05, 4.69) is 19.6 Å². The van der Waals surface area contributed by atoms with Gasteiger partial charge in [0.1, 0.15) is 0 Å². The Morgan fingerprint density at radius 3 is 2.50 bits per heavy atom. The number of nitrogens with zero attached hydrogens (tertiary/aromatic N) is 1. The van der Waals surface area contributed by atoms with Gasteiger partial charge in [0.25, 0.3) is 0 Å². The van der Waals surface area contributed by atoms with E-state index in [-0.39, 0.29) is 17.1 Å². The van der Waals surface area contributed by atoms with Crippen LogP contribution in [0.25, 0.3) is 11.0 Å². The quantitative estimate of drug-likeness (QED) is 0.574. The molecule has 1 fully saturated rings. The van der Waals surface area contributed by atoms with Crippen molar-refractivity contribution < 1.29 is 13.2 Å². The minimum atomic E-state index is -3.71. The van der Waals surface area contributed by atoms with E-state index in [1.165, 1.54) is 12.1 Å². The first kappa shape index (κ1) is 18.9. The molecular weight excluding hydrogens is 380 g/mol. The number of aromatic amines is 2. The molecular formula is C19H22N4O4S. The van der Waals surface area contributed by atoms with Crippen LogP contribution in [0, 0.1) is 0 Å². The summed E-state index contributed by atoms with van der Waals surface area (Å²) in [6.45, 7) is 4.14. The van der Waals surface area contributed by atoms with Crippen LogP contribution in [0.5, 0.6) is 0 Å². The second-order valence-electron chi connectivity index (χ2n) is 6.77. The van der Waals surface area contributed by atoms with Gasteiger partial charge in [-0.3, -0.25) is 4.90 Å². The highest BCUT2D eigenvalue weighted by Gasteiger charge is 2.17. The molecule has 0 saturated carbocycles.